The first-order chi connectivity index (χ1) is 9.54. The topological polar surface area (TPSA) is 55.6 Å². The Morgan fingerprint density at radius 2 is 2.20 bits per heavy atom. The van der Waals surface area contributed by atoms with E-state index < -0.39 is 0 Å². The van der Waals surface area contributed by atoms with Crippen LogP contribution in [-0.4, -0.2) is 35.1 Å². The van der Waals surface area contributed by atoms with Crippen LogP contribution in [0, 0.1) is 12.8 Å². The Bertz CT molecular complexity index is 604. The van der Waals surface area contributed by atoms with E-state index in [1.165, 1.54) is 0 Å². The minimum absolute atomic E-state index is 0.00499. The highest BCUT2D eigenvalue weighted by atomic mass is 16.5. The smallest absolute Gasteiger partial charge is 0.253 e. The number of amides is 1. The number of pyridine rings is 1. The molecular formula is C15H21N3O2. The number of nitrogens with one attached hydrogen (secondary N) is 1. The van der Waals surface area contributed by atoms with Crippen molar-refractivity contribution in [2.75, 3.05) is 13.7 Å². The second kappa shape index (κ2) is 6.05. The van der Waals surface area contributed by atoms with Crippen molar-refractivity contribution < 1.29 is 9.53 Å². The maximum absolute atomic E-state index is 12.4. The first-order valence-electron chi connectivity index (χ1n) is 6.76. The number of aryl methyl sites for hydroxylation is 1. The van der Waals surface area contributed by atoms with E-state index in [-0.39, 0.29) is 11.9 Å². The molecule has 2 rings (SSSR count). The van der Waals surface area contributed by atoms with Gasteiger partial charge in [0.1, 0.15) is 0 Å². The van der Waals surface area contributed by atoms with Crippen LogP contribution in [-0.2, 0) is 4.74 Å². The van der Waals surface area contributed by atoms with Crippen molar-refractivity contribution in [2.45, 2.75) is 26.8 Å². The molecule has 0 aliphatic rings. The van der Waals surface area contributed by atoms with Crippen molar-refractivity contribution in [3.63, 3.8) is 0 Å². The SMILES string of the molecule is COCC(NC(=O)c1ccc2cncn2c1C)C(C)C. The molecule has 1 unspecified atom stereocenters. The van der Waals surface area contributed by atoms with Gasteiger partial charge in [-0.15, -0.1) is 0 Å². The average Bonchev–Trinajstić information content (AvgIpc) is 2.87. The van der Waals surface area contributed by atoms with E-state index >= 15 is 0 Å². The van der Waals surface area contributed by atoms with Gasteiger partial charge in [0.15, 0.2) is 0 Å². The standard InChI is InChI=1S/C15H21N3O2/c1-10(2)14(8-20-4)17-15(19)13-6-5-12-7-16-9-18(12)11(13)3/h5-7,9-10,14H,8H2,1-4H3,(H,17,19). The van der Waals surface area contributed by atoms with E-state index in [0.717, 1.165) is 11.2 Å². The molecule has 0 saturated carbocycles. The van der Waals surface area contributed by atoms with Gasteiger partial charge in [0, 0.05) is 12.8 Å². The summed E-state index contributed by atoms with van der Waals surface area (Å²) in [5.41, 5.74) is 2.53. The number of ether oxygens (including phenoxy) is 1. The van der Waals surface area contributed by atoms with Crippen molar-refractivity contribution >= 4 is 11.4 Å². The molecule has 1 amide bonds. The number of imidazole rings is 1. The summed E-state index contributed by atoms with van der Waals surface area (Å²) in [6, 6.07) is 3.74. The number of carbonyl (C=O) groups excluding carboxylic acids is 1. The van der Waals surface area contributed by atoms with Gasteiger partial charge in [0.05, 0.1) is 36.3 Å². The van der Waals surface area contributed by atoms with Gasteiger partial charge in [-0.2, -0.15) is 0 Å². The number of aromatic nitrogens is 2. The molecule has 0 spiro atoms. The molecule has 0 aromatic carbocycles. The first kappa shape index (κ1) is 14.5. The Morgan fingerprint density at radius 1 is 1.45 bits per heavy atom. The summed E-state index contributed by atoms with van der Waals surface area (Å²) in [6.07, 6.45) is 3.49. The van der Waals surface area contributed by atoms with E-state index in [0.29, 0.717) is 18.1 Å². The maximum Gasteiger partial charge on any atom is 0.253 e. The molecule has 0 aliphatic carbocycles. The largest absolute Gasteiger partial charge is 0.383 e. The molecule has 0 fully saturated rings. The summed E-state index contributed by atoms with van der Waals surface area (Å²) in [5, 5.41) is 3.03. The molecule has 2 aromatic heterocycles. The van der Waals surface area contributed by atoms with Gasteiger partial charge in [0.25, 0.3) is 5.91 Å². The van der Waals surface area contributed by atoms with Crippen LogP contribution in [0.5, 0.6) is 0 Å². The maximum atomic E-state index is 12.4. The second-order valence-electron chi connectivity index (χ2n) is 5.30. The van der Waals surface area contributed by atoms with Gasteiger partial charge in [-0.25, -0.2) is 4.98 Å². The Labute approximate surface area is 119 Å². The van der Waals surface area contributed by atoms with Gasteiger partial charge in [-0.05, 0) is 25.0 Å². The Hall–Kier alpha value is -1.88. The second-order valence-corrected chi connectivity index (χ2v) is 5.30. The summed E-state index contributed by atoms with van der Waals surface area (Å²) in [6.45, 7) is 6.56. The highest BCUT2D eigenvalue weighted by Crippen LogP contribution is 2.13. The van der Waals surface area contributed by atoms with E-state index in [1.54, 1.807) is 19.6 Å². The summed E-state index contributed by atoms with van der Waals surface area (Å²) in [5.74, 6) is 0.241. The molecule has 2 heterocycles. The Morgan fingerprint density at radius 3 is 2.85 bits per heavy atom. The number of rotatable bonds is 5. The minimum Gasteiger partial charge on any atom is -0.383 e. The lowest BCUT2D eigenvalue weighted by atomic mass is 10.0. The van der Waals surface area contributed by atoms with Gasteiger partial charge >= 0.3 is 0 Å². The lowest BCUT2D eigenvalue weighted by Gasteiger charge is -2.22. The molecule has 5 heteroatoms. The zero-order chi connectivity index (χ0) is 14.7. The number of methoxy groups -OCH3 is 1. The molecule has 20 heavy (non-hydrogen) atoms. The highest BCUT2D eigenvalue weighted by molar-refractivity contribution is 5.95. The van der Waals surface area contributed by atoms with Gasteiger partial charge in [-0.1, -0.05) is 13.8 Å². The molecule has 0 bridgehead atoms. The van der Waals surface area contributed by atoms with Crippen molar-refractivity contribution in [1.29, 1.82) is 0 Å². The first-order valence-corrected chi connectivity index (χ1v) is 6.76. The molecule has 0 aliphatic heterocycles. The van der Waals surface area contributed by atoms with Crippen LogP contribution in [0.4, 0.5) is 0 Å². The van der Waals surface area contributed by atoms with E-state index in [4.69, 9.17) is 4.74 Å². The molecule has 108 valence electrons. The third-order valence-corrected chi connectivity index (χ3v) is 3.55. The summed E-state index contributed by atoms with van der Waals surface area (Å²) >= 11 is 0. The Kier molecular flexibility index (Phi) is 4.39. The molecular weight excluding hydrogens is 254 g/mol. The van der Waals surface area contributed by atoms with Crippen molar-refractivity contribution in [3.8, 4) is 0 Å². The van der Waals surface area contributed by atoms with Gasteiger partial charge in [0.2, 0.25) is 0 Å². The fraction of sp³-hybridized carbons (Fsp3) is 0.467. The van der Waals surface area contributed by atoms with Crippen LogP contribution in [0.15, 0.2) is 24.7 Å². The minimum atomic E-state index is -0.0751. The van der Waals surface area contributed by atoms with Crippen LogP contribution in [0.2, 0.25) is 0 Å². The molecule has 5 nitrogen and oxygen atoms in total. The predicted octanol–water partition coefficient (Wildman–Crippen LogP) is 2.04. The summed E-state index contributed by atoms with van der Waals surface area (Å²) in [7, 11) is 1.64. The fourth-order valence-electron chi connectivity index (χ4n) is 2.19. The van der Waals surface area contributed by atoms with Crippen LogP contribution in [0.25, 0.3) is 5.52 Å². The fourth-order valence-corrected chi connectivity index (χ4v) is 2.19. The quantitative estimate of drug-likeness (QED) is 0.908. The number of fused-ring (bicyclic) bond motifs is 1. The van der Waals surface area contributed by atoms with E-state index in [1.807, 2.05) is 23.5 Å². The predicted molar refractivity (Wildman–Crippen MR) is 77.9 cm³/mol. The third-order valence-electron chi connectivity index (χ3n) is 3.55. The number of hydrogen-bond donors (Lipinski definition) is 1. The molecule has 0 saturated heterocycles. The van der Waals surface area contributed by atoms with Gasteiger partial charge in [-0.3, -0.25) is 4.79 Å². The normalized spacial score (nSPS) is 12.8. The molecule has 1 atom stereocenters. The van der Waals surface area contributed by atoms with Gasteiger partial charge < -0.3 is 14.5 Å². The lowest BCUT2D eigenvalue weighted by Crippen LogP contribution is -2.42. The number of hydrogen-bond acceptors (Lipinski definition) is 3. The van der Waals surface area contributed by atoms with Crippen LogP contribution in [0.1, 0.15) is 29.9 Å². The molecule has 2 aromatic rings. The average molecular weight is 275 g/mol. The lowest BCUT2D eigenvalue weighted by molar-refractivity contribution is 0.0865. The van der Waals surface area contributed by atoms with E-state index in [9.17, 15) is 4.79 Å². The monoisotopic (exact) mass is 275 g/mol. The molecule has 0 radical (unpaired) electrons. The Balaban J connectivity index is 2.24. The van der Waals surface area contributed by atoms with Crippen LogP contribution in [0.3, 0.4) is 0 Å². The number of carbonyl (C=O) groups is 1. The summed E-state index contributed by atoms with van der Waals surface area (Å²) in [4.78, 5) is 16.5. The number of nitrogens with zero attached hydrogens (tertiary/aromatic N) is 2. The highest BCUT2D eigenvalue weighted by Gasteiger charge is 2.19. The van der Waals surface area contributed by atoms with Crippen molar-refractivity contribution in [3.05, 3.63) is 35.9 Å². The van der Waals surface area contributed by atoms with Crippen LogP contribution < -0.4 is 5.32 Å². The van der Waals surface area contributed by atoms with Crippen LogP contribution >= 0.6 is 0 Å². The van der Waals surface area contributed by atoms with E-state index in [2.05, 4.69) is 24.1 Å². The zero-order valence-corrected chi connectivity index (χ0v) is 12.4. The summed E-state index contributed by atoms with van der Waals surface area (Å²) < 4.78 is 7.07. The zero-order valence-electron chi connectivity index (χ0n) is 12.4. The third kappa shape index (κ3) is 2.82. The molecule has 1 N–H and O–H groups in total. The van der Waals surface area contributed by atoms with Crippen molar-refractivity contribution in [1.82, 2.24) is 14.7 Å². The van der Waals surface area contributed by atoms with Crippen molar-refractivity contribution in [2.24, 2.45) is 5.92 Å².